The molecule has 8 heteroatoms. The number of carbonyl (C=O) groups is 1. The first kappa shape index (κ1) is 19.3. The molecule has 1 aromatic carbocycles. The number of hydrogen-bond donors (Lipinski definition) is 2. The van der Waals surface area contributed by atoms with Crippen molar-refractivity contribution in [3.8, 4) is 0 Å². The van der Waals surface area contributed by atoms with Crippen LogP contribution in [0.2, 0.25) is 0 Å². The number of hydrogen-bond acceptors (Lipinski definition) is 5. The lowest BCUT2D eigenvalue weighted by molar-refractivity contribution is -0.134. The number of hydroxylamine groups is 1. The van der Waals surface area contributed by atoms with Crippen molar-refractivity contribution in [2.24, 2.45) is 5.92 Å². The van der Waals surface area contributed by atoms with Crippen LogP contribution < -0.4 is 5.48 Å². The van der Waals surface area contributed by atoms with Crippen molar-refractivity contribution in [2.75, 3.05) is 26.3 Å². The van der Waals surface area contributed by atoms with E-state index in [0.717, 1.165) is 19.3 Å². The van der Waals surface area contributed by atoms with Crippen molar-refractivity contribution >= 4 is 15.9 Å². The third-order valence-corrected chi connectivity index (χ3v) is 8.22. The van der Waals surface area contributed by atoms with Gasteiger partial charge < -0.3 is 4.74 Å². The number of carbonyl (C=O) groups excluding carboxylic acids is 1. The Labute approximate surface area is 154 Å². The molecule has 0 aliphatic carbocycles. The van der Waals surface area contributed by atoms with Gasteiger partial charge in [-0.15, -0.1) is 0 Å². The molecule has 2 aliphatic heterocycles. The molecule has 0 radical (unpaired) electrons. The Morgan fingerprint density at radius 2 is 1.81 bits per heavy atom. The molecule has 2 heterocycles. The van der Waals surface area contributed by atoms with Gasteiger partial charge in [0.25, 0.3) is 5.91 Å². The number of rotatable bonds is 5. The number of nitrogens with one attached hydrogen (secondary N) is 1. The average molecular weight is 382 g/mol. The summed E-state index contributed by atoms with van der Waals surface area (Å²) in [6.07, 6.45) is 2.59. The smallest absolute Gasteiger partial charge is 0.266 e. The second kappa shape index (κ2) is 8.04. The van der Waals surface area contributed by atoms with E-state index in [1.165, 1.54) is 9.87 Å². The topological polar surface area (TPSA) is 95.9 Å². The highest BCUT2D eigenvalue weighted by Gasteiger charge is 2.54. The standard InChI is InChI=1S/C18H26N2O5S/c21-17(19-22)18(8-12-25-13-9-18)26(23,24)20-10-6-16(7-11-20)14-15-4-2-1-3-5-15/h1-5,16,22H,6-14H2,(H,19,21). The summed E-state index contributed by atoms with van der Waals surface area (Å²) in [5.74, 6) is -0.423. The molecule has 0 saturated carbocycles. The van der Waals surface area contributed by atoms with Crippen molar-refractivity contribution in [3.63, 3.8) is 0 Å². The maximum atomic E-state index is 13.2. The number of nitrogens with zero attached hydrogens (tertiary/aromatic N) is 1. The van der Waals surface area contributed by atoms with Crippen LogP contribution in [0.3, 0.4) is 0 Å². The molecule has 0 spiro atoms. The van der Waals surface area contributed by atoms with Crippen LogP contribution in [0.25, 0.3) is 0 Å². The monoisotopic (exact) mass is 382 g/mol. The predicted molar refractivity (Wildman–Crippen MR) is 96.1 cm³/mol. The number of ether oxygens (including phenoxy) is 1. The minimum absolute atomic E-state index is 0.0612. The van der Waals surface area contributed by atoms with E-state index in [4.69, 9.17) is 9.94 Å². The maximum Gasteiger partial charge on any atom is 0.266 e. The highest BCUT2D eigenvalue weighted by molar-refractivity contribution is 7.91. The molecule has 144 valence electrons. The zero-order chi connectivity index (χ0) is 18.6. The van der Waals surface area contributed by atoms with Crippen molar-refractivity contribution in [2.45, 2.75) is 36.9 Å². The van der Waals surface area contributed by atoms with Gasteiger partial charge in [0.05, 0.1) is 0 Å². The van der Waals surface area contributed by atoms with Gasteiger partial charge in [-0.25, -0.2) is 18.2 Å². The Morgan fingerprint density at radius 3 is 2.38 bits per heavy atom. The van der Waals surface area contributed by atoms with Crippen LogP contribution in [0.1, 0.15) is 31.2 Å². The summed E-state index contributed by atoms with van der Waals surface area (Å²) >= 11 is 0. The highest BCUT2D eigenvalue weighted by Crippen LogP contribution is 2.35. The molecule has 3 rings (SSSR count). The van der Waals surface area contributed by atoms with Crippen LogP contribution in [0.5, 0.6) is 0 Å². The van der Waals surface area contributed by atoms with E-state index in [0.29, 0.717) is 19.0 Å². The molecule has 2 aliphatic rings. The first-order valence-electron chi connectivity index (χ1n) is 9.05. The van der Waals surface area contributed by atoms with E-state index in [-0.39, 0.29) is 26.1 Å². The van der Waals surface area contributed by atoms with Crippen LogP contribution in [0.15, 0.2) is 30.3 Å². The molecule has 0 unspecified atom stereocenters. The normalized spacial score (nSPS) is 22.0. The predicted octanol–water partition coefficient (Wildman–Crippen LogP) is 1.33. The molecule has 0 aromatic heterocycles. The fourth-order valence-corrected chi connectivity index (χ4v) is 6.10. The van der Waals surface area contributed by atoms with E-state index < -0.39 is 20.7 Å². The highest BCUT2D eigenvalue weighted by atomic mass is 32.2. The molecular formula is C18H26N2O5S. The fraction of sp³-hybridized carbons (Fsp3) is 0.611. The van der Waals surface area contributed by atoms with Crippen LogP contribution in [-0.2, 0) is 26.0 Å². The van der Waals surface area contributed by atoms with Gasteiger partial charge in [0.15, 0.2) is 4.75 Å². The van der Waals surface area contributed by atoms with Crippen molar-refractivity contribution in [3.05, 3.63) is 35.9 Å². The molecule has 26 heavy (non-hydrogen) atoms. The molecule has 7 nitrogen and oxygen atoms in total. The number of amides is 1. The zero-order valence-corrected chi connectivity index (χ0v) is 15.6. The lowest BCUT2D eigenvalue weighted by Gasteiger charge is -2.40. The lowest BCUT2D eigenvalue weighted by Crippen LogP contribution is -2.60. The summed E-state index contributed by atoms with van der Waals surface area (Å²) in [7, 11) is -3.87. The molecule has 2 saturated heterocycles. The molecule has 0 bridgehead atoms. The van der Waals surface area contributed by atoms with Crippen molar-refractivity contribution < 1.29 is 23.2 Å². The van der Waals surface area contributed by atoms with Gasteiger partial charge in [0.2, 0.25) is 10.0 Å². The zero-order valence-electron chi connectivity index (χ0n) is 14.8. The number of benzene rings is 1. The molecular weight excluding hydrogens is 356 g/mol. The minimum Gasteiger partial charge on any atom is -0.381 e. The molecule has 2 N–H and O–H groups in total. The summed E-state index contributed by atoms with van der Waals surface area (Å²) in [6, 6.07) is 10.2. The lowest BCUT2D eigenvalue weighted by atomic mass is 9.91. The fourth-order valence-electron chi connectivity index (χ4n) is 3.95. The molecule has 2 fully saturated rings. The van der Waals surface area contributed by atoms with Crippen LogP contribution in [-0.4, -0.2) is 54.9 Å². The van der Waals surface area contributed by atoms with Crippen LogP contribution in [0.4, 0.5) is 0 Å². The van der Waals surface area contributed by atoms with Crippen molar-refractivity contribution in [1.82, 2.24) is 9.79 Å². The van der Waals surface area contributed by atoms with Gasteiger partial charge in [-0.2, -0.15) is 0 Å². The average Bonchev–Trinajstić information content (AvgIpc) is 2.69. The summed E-state index contributed by atoms with van der Waals surface area (Å²) in [4.78, 5) is 12.3. The van der Waals surface area contributed by atoms with E-state index >= 15 is 0 Å². The summed E-state index contributed by atoms with van der Waals surface area (Å²) in [5.41, 5.74) is 2.82. The Balaban J connectivity index is 1.69. The van der Waals surface area contributed by atoms with Gasteiger partial charge in [-0.05, 0) is 30.7 Å². The van der Waals surface area contributed by atoms with E-state index in [1.54, 1.807) is 5.48 Å². The summed E-state index contributed by atoms with van der Waals surface area (Å²) < 4.78 is 31.5. The quantitative estimate of drug-likeness (QED) is 0.592. The Bertz CT molecular complexity index is 708. The maximum absolute atomic E-state index is 13.2. The van der Waals surface area contributed by atoms with Gasteiger partial charge in [0.1, 0.15) is 0 Å². The van der Waals surface area contributed by atoms with Gasteiger partial charge in [-0.1, -0.05) is 30.3 Å². The largest absolute Gasteiger partial charge is 0.381 e. The van der Waals surface area contributed by atoms with Crippen LogP contribution in [0, 0.1) is 5.92 Å². The van der Waals surface area contributed by atoms with Crippen LogP contribution >= 0.6 is 0 Å². The van der Waals surface area contributed by atoms with Gasteiger partial charge in [0, 0.05) is 39.1 Å². The van der Waals surface area contributed by atoms with Gasteiger partial charge >= 0.3 is 0 Å². The van der Waals surface area contributed by atoms with Gasteiger partial charge in [-0.3, -0.25) is 10.0 Å². The third kappa shape index (κ3) is 3.64. The first-order chi connectivity index (χ1) is 12.5. The van der Waals surface area contributed by atoms with E-state index in [1.807, 2.05) is 18.2 Å². The van der Waals surface area contributed by atoms with E-state index in [2.05, 4.69) is 12.1 Å². The SMILES string of the molecule is O=C(NO)C1(S(=O)(=O)N2CCC(Cc3ccccc3)CC2)CCOCC1. The minimum atomic E-state index is -3.87. The molecule has 0 atom stereocenters. The first-order valence-corrected chi connectivity index (χ1v) is 10.5. The number of piperidine rings is 1. The molecule has 1 amide bonds. The summed E-state index contributed by atoms with van der Waals surface area (Å²) in [5, 5.41) is 9.10. The Kier molecular flexibility index (Phi) is 5.96. The Morgan fingerprint density at radius 1 is 1.19 bits per heavy atom. The summed E-state index contributed by atoms with van der Waals surface area (Å²) in [6.45, 7) is 1.19. The third-order valence-electron chi connectivity index (χ3n) is 5.59. The van der Waals surface area contributed by atoms with Crippen molar-refractivity contribution in [1.29, 1.82) is 0 Å². The Hall–Kier alpha value is -1.48. The van der Waals surface area contributed by atoms with E-state index in [9.17, 15) is 13.2 Å². The molecule has 1 aromatic rings. The number of sulfonamides is 1. The second-order valence-corrected chi connectivity index (χ2v) is 9.33. The second-order valence-electron chi connectivity index (χ2n) is 7.08.